The molecular weight excluding hydrogens is 216 g/mol. The maximum atomic E-state index is 12.0. The van der Waals surface area contributed by atoms with Gasteiger partial charge in [-0.1, -0.05) is 25.4 Å². The standard InChI is InChI=1S/C11H15ClOS/c1-4-8(5-2)10(13)11-9(12)7(3)6-14-11/h6,8H,4-5H2,1-3H3. The van der Waals surface area contributed by atoms with E-state index < -0.39 is 0 Å². The van der Waals surface area contributed by atoms with Gasteiger partial charge in [-0.3, -0.25) is 4.79 Å². The Morgan fingerprint density at radius 1 is 1.50 bits per heavy atom. The maximum absolute atomic E-state index is 12.0. The summed E-state index contributed by atoms with van der Waals surface area (Å²) in [7, 11) is 0. The second-order valence-electron chi connectivity index (χ2n) is 3.44. The summed E-state index contributed by atoms with van der Waals surface area (Å²) in [6, 6.07) is 0. The number of Topliss-reactive ketones (excluding diaryl/α,β-unsaturated/α-hetero) is 1. The number of rotatable bonds is 4. The van der Waals surface area contributed by atoms with E-state index in [9.17, 15) is 4.79 Å². The van der Waals surface area contributed by atoms with Gasteiger partial charge in [0.05, 0.1) is 9.90 Å². The third kappa shape index (κ3) is 2.18. The second-order valence-corrected chi connectivity index (χ2v) is 4.70. The van der Waals surface area contributed by atoms with Gasteiger partial charge in [-0.25, -0.2) is 0 Å². The molecule has 0 fully saturated rings. The van der Waals surface area contributed by atoms with E-state index in [-0.39, 0.29) is 11.7 Å². The number of aryl methyl sites for hydroxylation is 1. The summed E-state index contributed by atoms with van der Waals surface area (Å²) >= 11 is 7.51. The van der Waals surface area contributed by atoms with Crippen LogP contribution in [0.15, 0.2) is 5.38 Å². The van der Waals surface area contributed by atoms with Crippen LogP contribution in [0.1, 0.15) is 41.9 Å². The Kier molecular flexibility index (Phi) is 4.14. The molecule has 1 heterocycles. The largest absolute Gasteiger partial charge is 0.293 e. The second kappa shape index (κ2) is 4.94. The van der Waals surface area contributed by atoms with Gasteiger partial charge in [0.25, 0.3) is 0 Å². The minimum Gasteiger partial charge on any atom is -0.293 e. The highest BCUT2D eigenvalue weighted by molar-refractivity contribution is 7.13. The molecule has 1 rings (SSSR count). The highest BCUT2D eigenvalue weighted by Crippen LogP contribution is 2.30. The van der Waals surface area contributed by atoms with Crippen molar-refractivity contribution >= 4 is 28.7 Å². The van der Waals surface area contributed by atoms with Crippen molar-refractivity contribution in [3.05, 3.63) is 20.8 Å². The van der Waals surface area contributed by atoms with Crippen molar-refractivity contribution in [1.29, 1.82) is 0 Å². The molecule has 3 heteroatoms. The van der Waals surface area contributed by atoms with Gasteiger partial charge in [-0.05, 0) is 30.7 Å². The normalized spacial score (nSPS) is 10.9. The summed E-state index contributed by atoms with van der Waals surface area (Å²) in [5.74, 6) is 0.337. The van der Waals surface area contributed by atoms with E-state index in [1.807, 2.05) is 26.2 Å². The molecule has 0 spiro atoms. The lowest BCUT2D eigenvalue weighted by Crippen LogP contribution is -2.11. The van der Waals surface area contributed by atoms with E-state index in [0.29, 0.717) is 5.02 Å². The highest BCUT2D eigenvalue weighted by Gasteiger charge is 2.21. The van der Waals surface area contributed by atoms with Crippen molar-refractivity contribution in [2.45, 2.75) is 33.6 Å². The Balaban J connectivity index is 2.94. The zero-order chi connectivity index (χ0) is 10.7. The molecule has 0 saturated carbocycles. The van der Waals surface area contributed by atoms with E-state index in [1.54, 1.807) is 0 Å². The first kappa shape index (κ1) is 11.7. The Morgan fingerprint density at radius 3 is 2.43 bits per heavy atom. The van der Waals surface area contributed by atoms with Crippen molar-refractivity contribution in [2.24, 2.45) is 5.92 Å². The highest BCUT2D eigenvalue weighted by atomic mass is 35.5. The monoisotopic (exact) mass is 230 g/mol. The summed E-state index contributed by atoms with van der Waals surface area (Å²) in [4.78, 5) is 12.7. The van der Waals surface area contributed by atoms with Crippen molar-refractivity contribution in [2.75, 3.05) is 0 Å². The minimum atomic E-state index is 0.130. The molecule has 0 radical (unpaired) electrons. The van der Waals surface area contributed by atoms with E-state index >= 15 is 0 Å². The van der Waals surface area contributed by atoms with Gasteiger partial charge in [0.15, 0.2) is 5.78 Å². The van der Waals surface area contributed by atoms with E-state index in [2.05, 4.69) is 0 Å². The Labute approximate surface area is 94.1 Å². The number of halogens is 1. The zero-order valence-electron chi connectivity index (χ0n) is 8.76. The lowest BCUT2D eigenvalue weighted by Gasteiger charge is -2.09. The Hall–Kier alpha value is -0.340. The molecule has 0 aliphatic carbocycles. The van der Waals surface area contributed by atoms with Gasteiger partial charge >= 0.3 is 0 Å². The molecule has 0 aliphatic rings. The maximum Gasteiger partial charge on any atom is 0.177 e. The molecular formula is C11H15ClOS. The van der Waals surface area contributed by atoms with Gasteiger partial charge in [0.2, 0.25) is 0 Å². The third-order valence-electron chi connectivity index (χ3n) is 2.48. The van der Waals surface area contributed by atoms with Gasteiger partial charge < -0.3 is 0 Å². The summed E-state index contributed by atoms with van der Waals surface area (Å²) in [5, 5.41) is 2.59. The summed E-state index contributed by atoms with van der Waals surface area (Å²) in [5.41, 5.74) is 1.01. The quantitative estimate of drug-likeness (QED) is 0.704. The van der Waals surface area contributed by atoms with Crippen LogP contribution in [-0.2, 0) is 0 Å². The smallest absolute Gasteiger partial charge is 0.177 e. The van der Waals surface area contributed by atoms with Crippen LogP contribution in [0.5, 0.6) is 0 Å². The summed E-state index contributed by atoms with van der Waals surface area (Å²) in [6.07, 6.45) is 1.78. The molecule has 14 heavy (non-hydrogen) atoms. The predicted octanol–water partition coefficient (Wildman–Crippen LogP) is 4.33. The number of hydrogen-bond donors (Lipinski definition) is 0. The van der Waals surface area contributed by atoms with E-state index in [4.69, 9.17) is 11.6 Å². The zero-order valence-corrected chi connectivity index (χ0v) is 10.3. The van der Waals surface area contributed by atoms with Crippen molar-refractivity contribution in [1.82, 2.24) is 0 Å². The van der Waals surface area contributed by atoms with Crippen LogP contribution >= 0.6 is 22.9 Å². The Morgan fingerprint density at radius 2 is 2.07 bits per heavy atom. The van der Waals surface area contributed by atoms with Crippen LogP contribution < -0.4 is 0 Å². The predicted molar refractivity (Wildman–Crippen MR) is 62.5 cm³/mol. The first-order chi connectivity index (χ1) is 6.61. The molecule has 0 amide bonds. The summed E-state index contributed by atoms with van der Waals surface area (Å²) < 4.78 is 0. The van der Waals surface area contributed by atoms with E-state index in [1.165, 1.54) is 11.3 Å². The van der Waals surface area contributed by atoms with Crippen LogP contribution in [0.25, 0.3) is 0 Å². The molecule has 1 nitrogen and oxygen atoms in total. The topological polar surface area (TPSA) is 17.1 Å². The fourth-order valence-electron chi connectivity index (χ4n) is 1.44. The molecule has 0 atom stereocenters. The molecule has 78 valence electrons. The molecule has 0 aliphatic heterocycles. The van der Waals surface area contributed by atoms with Crippen LogP contribution in [0.3, 0.4) is 0 Å². The molecule has 1 aromatic heterocycles. The van der Waals surface area contributed by atoms with Crippen LogP contribution in [0.2, 0.25) is 5.02 Å². The first-order valence-corrected chi connectivity index (χ1v) is 6.15. The lowest BCUT2D eigenvalue weighted by molar-refractivity contribution is 0.0918. The number of hydrogen-bond acceptors (Lipinski definition) is 2. The molecule has 1 aromatic rings. The SMILES string of the molecule is CCC(CC)C(=O)c1scc(C)c1Cl. The average molecular weight is 231 g/mol. The van der Waals surface area contributed by atoms with Gasteiger partial charge in [0, 0.05) is 5.92 Å². The third-order valence-corrected chi connectivity index (χ3v) is 4.19. The van der Waals surface area contributed by atoms with Crippen LogP contribution in [0.4, 0.5) is 0 Å². The number of carbonyl (C=O) groups is 1. The molecule has 0 unspecified atom stereocenters. The molecule has 0 aromatic carbocycles. The molecule has 0 N–H and O–H groups in total. The van der Waals surface area contributed by atoms with Crippen molar-refractivity contribution in [3.63, 3.8) is 0 Å². The van der Waals surface area contributed by atoms with Gasteiger partial charge in [-0.15, -0.1) is 11.3 Å². The van der Waals surface area contributed by atoms with Crippen molar-refractivity contribution < 1.29 is 4.79 Å². The van der Waals surface area contributed by atoms with E-state index in [0.717, 1.165) is 23.3 Å². The fraction of sp³-hybridized carbons (Fsp3) is 0.545. The van der Waals surface area contributed by atoms with Crippen LogP contribution in [0, 0.1) is 12.8 Å². The van der Waals surface area contributed by atoms with Crippen LogP contribution in [-0.4, -0.2) is 5.78 Å². The number of thiophene rings is 1. The van der Waals surface area contributed by atoms with Gasteiger partial charge in [-0.2, -0.15) is 0 Å². The average Bonchev–Trinajstić information content (AvgIpc) is 2.49. The number of carbonyl (C=O) groups excluding carboxylic acids is 1. The minimum absolute atomic E-state index is 0.130. The van der Waals surface area contributed by atoms with Gasteiger partial charge in [0.1, 0.15) is 0 Å². The summed E-state index contributed by atoms with van der Waals surface area (Å²) in [6.45, 7) is 6.02. The lowest BCUT2D eigenvalue weighted by atomic mass is 9.97. The Bertz CT molecular complexity index is 326. The van der Waals surface area contributed by atoms with Crippen molar-refractivity contribution in [3.8, 4) is 0 Å². The molecule has 0 saturated heterocycles. The fourth-order valence-corrected chi connectivity index (χ4v) is 2.75. The first-order valence-electron chi connectivity index (χ1n) is 4.89. The number of ketones is 1. The molecule has 0 bridgehead atoms.